The summed E-state index contributed by atoms with van der Waals surface area (Å²) in [6.45, 7) is 1.06. The van der Waals surface area contributed by atoms with Gasteiger partial charge in [0.15, 0.2) is 17.6 Å². The normalized spacial score (nSPS) is 16.5. The lowest BCUT2D eigenvalue weighted by Gasteiger charge is -2.05. The molecule has 1 fully saturated rings. The molecule has 1 aliphatic heterocycles. The van der Waals surface area contributed by atoms with Crippen molar-refractivity contribution in [3.8, 4) is 0 Å². The van der Waals surface area contributed by atoms with Gasteiger partial charge in [-0.15, -0.1) is 0 Å². The minimum Gasteiger partial charge on any atom is -0.451 e. The molecule has 94 valence electrons. The van der Waals surface area contributed by atoms with Crippen LogP contribution < -0.4 is 0 Å². The van der Waals surface area contributed by atoms with Gasteiger partial charge in [0.2, 0.25) is 5.78 Å². The Morgan fingerprint density at radius 1 is 1.33 bits per heavy atom. The number of hydrogen-bond donors (Lipinski definition) is 0. The lowest BCUT2D eigenvalue weighted by atomic mass is 10.2. The molecular formula is C13H11ClO4. The van der Waals surface area contributed by atoms with Crippen LogP contribution in [0.4, 0.5) is 0 Å². The summed E-state index contributed by atoms with van der Waals surface area (Å²) in [7, 11) is 0. The number of fused-ring (bicyclic) bond motifs is 1. The summed E-state index contributed by atoms with van der Waals surface area (Å²) in [5.74, 6) is 0.145. The van der Waals surface area contributed by atoms with Crippen molar-refractivity contribution in [2.75, 3.05) is 13.2 Å². The van der Waals surface area contributed by atoms with Crippen molar-refractivity contribution in [3.63, 3.8) is 0 Å². The molecule has 1 saturated heterocycles. The summed E-state index contributed by atoms with van der Waals surface area (Å²) in [6.07, 6.45) is -0.293. The van der Waals surface area contributed by atoms with E-state index in [-0.39, 0.29) is 18.0 Å². The van der Waals surface area contributed by atoms with Gasteiger partial charge in [-0.3, -0.25) is 4.79 Å². The monoisotopic (exact) mass is 266 g/mol. The number of hydrogen-bond acceptors (Lipinski definition) is 4. The van der Waals surface area contributed by atoms with Crippen molar-refractivity contribution in [2.45, 2.75) is 12.7 Å². The molecule has 1 aromatic carbocycles. The van der Waals surface area contributed by atoms with Crippen LogP contribution in [0.2, 0.25) is 5.02 Å². The van der Waals surface area contributed by atoms with E-state index in [4.69, 9.17) is 25.5 Å². The second-order valence-corrected chi connectivity index (χ2v) is 4.47. The maximum absolute atomic E-state index is 12.0. The second kappa shape index (κ2) is 4.72. The molecule has 0 amide bonds. The molecule has 5 heteroatoms. The third-order valence-electron chi connectivity index (χ3n) is 2.81. The van der Waals surface area contributed by atoms with E-state index in [9.17, 15) is 4.79 Å². The van der Waals surface area contributed by atoms with Gasteiger partial charge in [0.05, 0.1) is 24.7 Å². The van der Waals surface area contributed by atoms with E-state index in [1.54, 1.807) is 12.1 Å². The fraction of sp³-hybridized carbons (Fsp3) is 0.308. The predicted molar refractivity (Wildman–Crippen MR) is 65.9 cm³/mol. The van der Waals surface area contributed by atoms with E-state index in [2.05, 4.69) is 0 Å². The van der Waals surface area contributed by atoms with Crippen molar-refractivity contribution in [1.82, 2.24) is 0 Å². The van der Waals surface area contributed by atoms with Gasteiger partial charge in [0.25, 0.3) is 0 Å². The van der Waals surface area contributed by atoms with Crippen LogP contribution in [0.3, 0.4) is 0 Å². The number of para-hydroxylation sites is 1. The molecule has 0 aliphatic carbocycles. The van der Waals surface area contributed by atoms with Crippen molar-refractivity contribution in [3.05, 3.63) is 35.0 Å². The molecule has 1 aliphatic rings. The van der Waals surface area contributed by atoms with Crippen LogP contribution in [-0.2, 0) is 9.47 Å². The number of rotatable bonds is 3. The number of carbonyl (C=O) groups is 1. The highest BCUT2D eigenvalue weighted by Gasteiger charge is 2.23. The minimum atomic E-state index is -0.457. The molecular weight excluding hydrogens is 256 g/mol. The van der Waals surface area contributed by atoms with Crippen LogP contribution in [0.1, 0.15) is 17.0 Å². The molecule has 1 aromatic heterocycles. The van der Waals surface area contributed by atoms with Crippen molar-refractivity contribution in [2.24, 2.45) is 0 Å². The number of halogens is 1. The van der Waals surface area contributed by atoms with Crippen molar-refractivity contribution < 1.29 is 18.7 Å². The first-order valence-electron chi connectivity index (χ1n) is 5.68. The molecule has 0 N–H and O–H groups in total. The number of Topliss-reactive ketones (excluding diaryl/α,β-unsaturated/α-hetero) is 1. The first-order valence-corrected chi connectivity index (χ1v) is 6.06. The van der Waals surface area contributed by atoms with E-state index in [0.29, 0.717) is 23.8 Å². The van der Waals surface area contributed by atoms with E-state index in [1.165, 1.54) is 0 Å². The topological polar surface area (TPSA) is 48.7 Å². The van der Waals surface area contributed by atoms with Gasteiger partial charge in [-0.25, -0.2) is 0 Å². The molecule has 0 bridgehead atoms. The molecule has 0 unspecified atom stereocenters. The Kier molecular flexibility index (Phi) is 3.07. The fourth-order valence-electron chi connectivity index (χ4n) is 1.94. The maximum Gasteiger partial charge on any atom is 0.203 e. The Hall–Kier alpha value is -1.36. The van der Waals surface area contributed by atoms with E-state index < -0.39 is 6.29 Å². The number of benzene rings is 1. The average molecular weight is 267 g/mol. The van der Waals surface area contributed by atoms with Gasteiger partial charge >= 0.3 is 0 Å². The van der Waals surface area contributed by atoms with Crippen LogP contribution in [0.5, 0.6) is 0 Å². The predicted octanol–water partition coefficient (Wildman–Crippen LogP) is 3.03. The zero-order chi connectivity index (χ0) is 12.5. The van der Waals surface area contributed by atoms with Crippen LogP contribution in [-0.4, -0.2) is 25.3 Å². The maximum atomic E-state index is 12.0. The van der Waals surface area contributed by atoms with Crippen LogP contribution in [0, 0.1) is 0 Å². The van der Waals surface area contributed by atoms with Gasteiger partial charge in [-0.1, -0.05) is 23.7 Å². The minimum absolute atomic E-state index is 0.144. The number of furan rings is 1. The van der Waals surface area contributed by atoms with E-state index in [1.807, 2.05) is 12.1 Å². The Balaban J connectivity index is 1.85. The largest absolute Gasteiger partial charge is 0.451 e. The number of carbonyl (C=O) groups excluding carboxylic acids is 1. The molecule has 3 rings (SSSR count). The van der Waals surface area contributed by atoms with Crippen molar-refractivity contribution in [1.29, 1.82) is 0 Å². The summed E-state index contributed by atoms with van der Waals surface area (Å²) in [6, 6.07) is 7.09. The van der Waals surface area contributed by atoms with E-state index >= 15 is 0 Å². The van der Waals surface area contributed by atoms with Gasteiger partial charge in [-0.2, -0.15) is 0 Å². The summed E-state index contributed by atoms with van der Waals surface area (Å²) in [5.41, 5.74) is 0.538. The summed E-state index contributed by atoms with van der Waals surface area (Å²) >= 11 is 5.99. The highest BCUT2D eigenvalue weighted by molar-refractivity contribution is 6.34. The highest BCUT2D eigenvalue weighted by Crippen LogP contribution is 2.27. The quantitative estimate of drug-likeness (QED) is 0.801. The van der Waals surface area contributed by atoms with E-state index in [0.717, 1.165) is 5.39 Å². The van der Waals surface area contributed by atoms with Crippen LogP contribution >= 0.6 is 11.6 Å². The Morgan fingerprint density at radius 2 is 2.11 bits per heavy atom. The average Bonchev–Trinajstić information content (AvgIpc) is 2.97. The Bertz CT molecular complexity index is 584. The van der Waals surface area contributed by atoms with Gasteiger partial charge in [-0.05, 0) is 12.1 Å². The first kappa shape index (κ1) is 11.7. The third-order valence-corrected chi connectivity index (χ3v) is 3.11. The molecule has 2 heterocycles. The highest BCUT2D eigenvalue weighted by atomic mass is 35.5. The molecule has 0 radical (unpaired) electrons. The van der Waals surface area contributed by atoms with Crippen LogP contribution in [0.25, 0.3) is 11.0 Å². The molecule has 0 saturated carbocycles. The lowest BCUT2D eigenvalue weighted by Crippen LogP contribution is -2.13. The molecule has 0 spiro atoms. The summed E-state index contributed by atoms with van der Waals surface area (Å²) in [5, 5.41) is 1.32. The molecule has 18 heavy (non-hydrogen) atoms. The zero-order valence-corrected chi connectivity index (χ0v) is 10.3. The first-order chi connectivity index (χ1) is 8.74. The SMILES string of the molecule is O=C(CC1OCCO1)c1cc2cccc(Cl)c2o1. The molecule has 2 aromatic rings. The standard InChI is InChI=1S/C13H11ClO4/c14-9-3-1-2-8-6-11(18-13(8)9)10(15)7-12-16-4-5-17-12/h1-3,6,12H,4-5,7H2. The smallest absolute Gasteiger partial charge is 0.203 e. The third kappa shape index (κ3) is 2.14. The van der Waals surface area contributed by atoms with Crippen LogP contribution in [0.15, 0.2) is 28.7 Å². The van der Waals surface area contributed by atoms with Crippen molar-refractivity contribution >= 4 is 28.4 Å². The molecule has 4 nitrogen and oxygen atoms in total. The Morgan fingerprint density at radius 3 is 2.83 bits per heavy atom. The summed E-state index contributed by atoms with van der Waals surface area (Å²) in [4.78, 5) is 12.0. The Labute approximate surface area is 108 Å². The number of ketones is 1. The fourth-order valence-corrected chi connectivity index (χ4v) is 2.16. The lowest BCUT2D eigenvalue weighted by molar-refractivity contribution is -0.0411. The zero-order valence-electron chi connectivity index (χ0n) is 9.52. The number of ether oxygens (including phenoxy) is 2. The second-order valence-electron chi connectivity index (χ2n) is 4.07. The van der Waals surface area contributed by atoms with Gasteiger partial charge < -0.3 is 13.9 Å². The molecule has 0 atom stereocenters. The van der Waals surface area contributed by atoms with Gasteiger partial charge in [0.1, 0.15) is 0 Å². The van der Waals surface area contributed by atoms with Gasteiger partial charge in [0, 0.05) is 5.39 Å². The summed E-state index contributed by atoms with van der Waals surface area (Å²) < 4.78 is 15.9.